The van der Waals surface area contributed by atoms with Crippen LogP contribution >= 0.6 is 0 Å². The van der Waals surface area contributed by atoms with Gasteiger partial charge < -0.3 is 19.5 Å². The van der Waals surface area contributed by atoms with Crippen molar-refractivity contribution in [1.29, 1.82) is 0 Å². The maximum absolute atomic E-state index is 12.6. The second kappa shape index (κ2) is 10.8. The molecule has 166 valence electrons. The van der Waals surface area contributed by atoms with Crippen LogP contribution < -0.4 is 19.5 Å². The van der Waals surface area contributed by atoms with Crippen LogP contribution in [0.2, 0.25) is 0 Å². The summed E-state index contributed by atoms with van der Waals surface area (Å²) < 4.78 is 16.4. The number of hydrogen-bond acceptors (Lipinski definition) is 6. The van der Waals surface area contributed by atoms with Gasteiger partial charge in [0.1, 0.15) is 17.9 Å². The fourth-order valence-electron chi connectivity index (χ4n) is 3.18. The van der Waals surface area contributed by atoms with Crippen molar-refractivity contribution in [2.45, 2.75) is 6.92 Å². The molecule has 0 aliphatic heterocycles. The predicted molar refractivity (Wildman–Crippen MR) is 121 cm³/mol. The van der Waals surface area contributed by atoms with Crippen LogP contribution in [0.3, 0.4) is 0 Å². The maximum Gasteiger partial charge on any atom is 0.286 e. The van der Waals surface area contributed by atoms with Crippen molar-refractivity contribution in [2.75, 3.05) is 26.9 Å². The Kier molecular flexibility index (Phi) is 7.64. The highest BCUT2D eigenvalue weighted by atomic mass is 16.6. The molecule has 1 N–H and O–H groups in total. The number of amides is 1. The molecule has 8 heteroatoms. The highest BCUT2D eigenvalue weighted by molar-refractivity contribution is 5.99. The van der Waals surface area contributed by atoms with Gasteiger partial charge >= 0.3 is 0 Å². The van der Waals surface area contributed by atoms with Crippen LogP contribution in [0.4, 0.5) is 5.69 Å². The number of benzene rings is 3. The van der Waals surface area contributed by atoms with Gasteiger partial charge in [0.15, 0.2) is 11.5 Å². The molecule has 0 atom stereocenters. The van der Waals surface area contributed by atoms with Crippen LogP contribution in [0, 0.1) is 10.1 Å². The van der Waals surface area contributed by atoms with Gasteiger partial charge in [-0.3, -0.25) is 14.9 Å². The van der Waals surface area contributed by atoms with Crippen LogP contribution in [0.25, 0.3) is 11.1 Å². The monoisotopic (exact) mass is 436 g/mol. The summed E-state index contributed by atoms with van der Waals surface area (Å²) in [4.78, 5) is 23.5. The Hall–Kier alpha value is -4.07. The first-order chi connectivity index (χ1) is 15.5. The summed E-state index contributed by atoms with van der Waals surface area (Å²) in [6.45, 7) is 2.41. The summed E-state index contributed by atoms with van der Waals surface area (Å²) in [7, 11) is 1.41. The highest BCUT2D eigenvalue weighted by Crippen LogP contribution is 2.35. The Bertz CT molecular complexity index is 1090. The van der Waals surface area contributed by atoms with Crippen LogP contribution in [0.15, 0.2) is 66.7 Å². The first-order valence-corrected chi connectivity index (χ1v) is 10.1. The minimum absolute atomic E-state index is 0.111. The molecule has 0 fully saturated rings. The Morgan fingerprint density at radius 3 is 2.38 bits per heavy atom. The van der Waals surface area contributed by atoms with E-state index in [0.29, 0.717) is 12.4 Å². The highest BCUT2D eigenvalue weighted by Gasteiger charge is 2.24. The molecule has 3 aromatic carbocycles. The molecule has 0 unspecified atom stereocenters. The summed E-state index contributed by atoms with van der Waals surface area (Å²) >= 11 is 0. The molecule has 0 spiro atoms. The molecular weight excluding hydrogens is 412 g/mol. The van der Waals surface area contributed by atoms with Crippen molar-refractivity contribution in [3.63, 3.8) is 0 Å². The van der Waals surface area contributed by atoms with E-state index in [9.17, 15) is 14.9 Å². The molecule has 32 heavy (non-hydrogen) atoms. The number of nitro groups is 1. The zero-order valence-electron chi connectivity index (χ0n) is 17.9. The van der Waals surface area contributed by atoms with E-state index in [-0.39, 0.29) is 35.9 Å². The zero-order valence-corrected chi connectivity index (χ0v) is 17.9. The molecule has 3 aromatic rings. The number of carbonyl (C=O) groups excluding carboxylic acids is 1. The smallest absolute Gasteiger partial charge is 0.286 e. The largest absolute Gasteiger partial charge is 0.493 e. The molecule has 0 aromatic heterocycles. The molecule has 1 amide bonds. The van der Waals surface area contributed by atoms with E-state index >= 15 is 0 Å². The van der Waals surface area contributed by atoms with Gasteiger partial charge in [-0.2, -0.15) is 0 Å². The lowest BCUT2D eigenvalue weighted by atomic mass is 10.1. The van der Waals surface area contributed by atoms with E-state index in [2.05, 4.69) is 5.32 Å². The molecular formula is C24H24N2O6. The van der Waals surface area contributed by atoms with Crippen LogP contribution in [0.1, 0.15) is 17.3 Å². The lowest BCUT2D eigenvalue weighted by Gasteiger charge is -2.13. The summed E-state index contributed by atoms with van der Waals surface area (Å²) in [6.07, 6.45) is 0. The first-order valence-electron chi connectivity index (χ1n) is 10.1. The van der Waals surface area contributed by atoms with Gasteiger partial charge in [-0.05, 0) is 18.6 Å². The number of para-hydroxylation sites is 1. The molecule has 0 saturated carbocycles. The third kappa shape index (κ3) is 5.34. The van der Waals surface area contributed by atoms with E-state index in [1.54, 1.807) is 6.92 Å². The van der Waals surface area contributed by atoms with Crippen molar-refractivity contribution < 1.29 is 23.9 Å². The molecule has 3 rings (SSSR count). The van der Waals surface area contributed by atoms with Crippen molar-refractivity contribution in [1.82, 2.24) is 5.32 Å². The van der Waals surface area contributed by atoms with Crippen molar-refractivity contribution >= 4 is 11.6 Å². The number of nitrogens with zero attached hydrogens (tertiary/aromatic N) is 1. The minimum Gasteiger partial charge on any atom is -0.493 e. The number of carbonyl (C=O) groups is 1. The Balaban J connectivity index is 1.68. The molecule has 0 aliphatic rings. The third-order valence-corrected chi connectivity index (χ3v) is 4.64. The first kappa shape index (κ1) is 22.6. The van der Waals surface area contributed by atoms with Gasteiger partial charge in [-0.1, -0.05) is 48.5 Å². The summed E-state index contributed by atoms with van der Waals surface area (Å²) in [6, 6.07) is 19.9. The van der Waals surface area contributed by atoms with E-state index < -0.39 is 10.8 Å². The molecule has 0 saturated heterocycles. The molecule has 8 nitrogen and oxygen atoms in total. The molecule has 0 radical (unpaired) electrons. The average Bonchev–Trinajstić information content (AvgIpc) is 2.82. The van der Waals surface area contributed by atoms with Gasteiger partial charge in [0.2, 0.25) is 0 Å². The van der Waals surface area contributed by atoms with E-state index in [4.69, 9.17) is 14.2 Å². The van der Waals surface area contributed by atoms with Crippen molar-refractivity contribution in [3.8, 4) is 28.4 Å². The normalized spacial score (nSPS) is 10.3. The summed E-state index contributed by atoms with van der Waals surface area (Å²) in [5.41, 5.74) is 1.48. The standard InChI is InChI=1S/C24H24N2O6/c1-3-31-23-16-20(26(28)29)19(15-22(23)30-2)24(27)25-13-14-32-21-12-8-7-11-18(21)17-9-5-4-6-10-17/h4-12,15-16H,3,13-14H2,1-2H3,(H,25,27). The van der Waals surface area contributed by atoms with Crippen LogP contribution in [-0.4, -0.2) is 37.7 Å². The van der Waals surface area contributed by atoms with Crippen LogP contribution in [-0.2, 0) is 0 Å². The van der Waals surface area contributed by atoms with Gasteiger partial charge in [0.25, 0.3) is 11.6 Å². The van der Waals surface area contributed by atoms with E-state index in [1.807, 2.05) is 54.6 Å². The van der Waals surface area contributed by atoms with Gasteiger partial charge in [0.05, 0.1) is 31.3 Å². The second-order valence-electron chi connectivity index (χ2n) is 6.68. The Morgan fingerprint density at radius 2 is 1.69 bits per heavy atom. The van der Waals surface area contributed by atoms with Gasteiger partial charge in [-0.15, -0.1) is 0 Å². The topological polar surface area (TPSA) is 99.9 Å². The number of nitrogens with one attached hydrogen (secondary N) is 1. The van der Waals surface area contributed by atoms with Crippen LogP contribution in [0.5, 0.6) is 17.2 Å². The quantitative estimate of drug-likeness (QED) is 0.286. The van der Waals surface area contributed by atoms with Gasteiger partial charge in [0, 0.05) is 11.6 Å². The fraction of sp³-hybridized carbons (Fsp3) is 0.208. The number of methoxy groups -OCH3 is 1. The van der Waals surface area contributed by atoms with E-state index in [0.717, 1.165) is 11.1 Å². The van der Waals surface area contributed by atoms with Crippen molar-refractivity contribution in [2.24, 2.45) is 0 Å². The van der Waals surface area contributed by atoms with Gasteiger partial charge in [-0.25, -0.2) is 0 Å². The lowest BCUT2D eigenvalue weighted by molar-refractivity contribution is -0.385. The summed E-state index contributed by atoms with van der Waals surface area (Å²) in [5.74, 6) is 0.536. The maximum atomic E-state index is 12.6. The SMILES string of the molecule is CCOc1cc([N+](=O)[O-])c(C(=O)NCCOc2ccccc2-c2ccccc2)cc1OC. The number of nitro benzene ring substituents is 1. The number of hydrogen-bond donors (Lipinski definition) is 1. The zero-order chi connectivity index (χ0) is 22.9. The lowest BCUT2D eigenvalue weighted by Crippen LogP contribution is -2.28. The average molecular weight is 436 g/mol. The minimum atomic E-state index is -0.622. The molecule has 0 aliphatic carbocycles. The summed E-state index contributed by atoms with van der Waals surface area (Å²) in [5, 5.41) is 14.1. The van der Waals surface area contributed by atoms with Crippen molar-refractivity contribution in [3.05, 3.63) is 82.4 Å². The number of rotatable bonds is 10. The fourth-order valence-corrected chi connectivity index (χ4v) is 3.18. The third-order valence-electron chi connectivity index (χ3n) is 4.64. The Morgan fingerprint density at radius 1 is 0.969 bits per heavy atom. The molecule has 0 heterocycles. The predicted octanol–water partition coefficient (Wildman–Crippen LogP) is 4.48. The second-order valence-corrected chi connectivity index (χ2v) is 6.68. The van der Waals surface area contributed by atoms with E-state index in [1.165, 1.54) is 19.2 Å². The Labute approximate surface area is 185 Å². The number of ether oxygens (including phenoxy) is 3. The molecule has 0 bridgehead atoms.